The Bertz CT molecular complexity index is 731. The summed E-state index contributed by atoms with van der Waals surface area (Å²) in [4.78, 5) is 12.4. The maximum atomic E-state index is 12.4. The fraction of sp³-hybridized carbons (Fsp3) is 0.278. The Balaban J connectivity index is 1.60. The fourth-order valence-electron chi connectivity index (χ4n) is 2.59. The van der Waals surface area contributed by atoms with Crippen LogP contribution in [0, 0.1) is 0 Å². The molecule has 0 fully saturated rings. The Labute approximate surface area is 150 Å². The zero-order valence-corrected chi connectivity index (χ0v) is 14.6. The van der Waals surface area contributed by atoms with Crippen LogP contribution in [0.1, 0.15) is 12.5 Å². The van der Waals surface area contributed by atoms with Gasteiger partial charge in [-0.05, 0) is 43.2 Å². The molecule has 6 heteroatoms. The molecule has 2 aromatic rings. The van der Waals surface area contributed by atoms with Crippen molar-refractivity contribution in [1.29, 1.82) is 0 Å². The van der Waals surface area contributed by atoms with Crippen molar-refractivity contribution in [2.24, 2.45) is 0 Å². The molecule has 0 unspecified atom stereocenters. The number of benzene rings is 2. The number of hydrogen-bond acceptors (Lipinski definition) is 3. The van der Waals surface area contributed by atoms with Crippen LogP contribution >= 0.6 is 23.2 Å². The maximum absolute atomic E-state index is 12.4. The van der Waals surface area contributed by atoms with Gasteiger partial charge in [-0.25, -0.2) is 0 Å². The number of para-hydroxylation sites is 2. The van der Waals surface area contributed by atoms with Crippen molar-refractivity contribution in [3.63, 3.8) is 0 Å². The van der Waals surface area contributed by atoms with Gasteiger partial charge >= 0.3 is 0 Å². The van der Waals surface area contributed by atoms with Gasteiger partial charge < -0.3 is 14.8 Å². The quantitative estimate of drug-likeness (QED) is 0.894. The van der Waals surface area contributed by atoms with Crippen molar-refractivity contribution < 1.29 is 14.3 Å². The van der Waals surface area contributed by atoms with Crippen molar-refractivity contribution in [3.8, 4) is 11.5 Å². The second kappa shape index (κ2) is 7.32. The molecule has 1 heterocycles. The summed E-state index contributed by atoms with van der Waals surface area (Å²) in [5.74, 6) is 1.00. The molecule has 126 valence electrons. The Morgan fingerprint density at radius 1 is 1.04 bits per heavy atom. The first-order chi connectivity index (χ1) is 11.6. The summed E-state index contributed by atoms with van der Waals surface area (Å²) >= 11 is 12.3. The molecular formula is C18H17Cl2NO3. The van der Waals surface area contributed by atoms with Gasteiger partial charge in [0.05, 0.1) is 0 Å². The Kier molecular flexibility index (Phi) is 5.17. The summed E-state index contributed by atoms with van der Waals surface area (Å²) in [5.41, 5.74) is 0.820. The number of nitrogens with one attached hydrogen (secondary N) is 1. The smallest absolute Gasteiger partial charge is 0.265 e. The monoisotopic (exact) mass is 365 g/mol. The van der Waals surface area contributed by atoms with Crippen LogP contribution in [0.5, 0.6) is 11.5 Å². The lowest BCUT2D eigenvalue weighted by atomic mass is 10.1. The standard InChI is InChI=1S/C18H17Cl2NO3/c1-11-17(24-16-8-3-2-7-15(16)23-11)18(22)21-10-9-12-13(19)5-4-6-14(12)20/h2-8,11,17H,9-10H2,1H3,(H,21,22)/t11-,17-/m0/s1. The molecule has 24 heavy (non-hydrogen) atoms. The van der Waals surface area contributed by atoms with Crippen LogP contribution in [0.15, 0.2) is 42.5 Å². The van der Waals surface area contributed by atoms with E-state index in [-0.39, 0.29) is 12.0 Å². The van der Waals surface area contributed by atoms with Crippen LogP contribution in [0.25, 0.3) is 0 Å². The van der Waals surface area contributed by atoms with E-state index in [9.17, 15) is 4.79 Å². The minimum absolute atomic E-state index is 0.222. The third kappa shape index (κ3) is 3.60. The fourth-order valence-corrected chi connectivity index (χ4v) is 3.18. The molecule has 0 saturated heterocycles. The molecule has 0 aliphatic carbocycles. The van der Waals surface area contributed by atoms with E-state index in [1.807, 2.05) is 25.1 Å². The van der Waals surface area contributed by atoms with Crippen LogP contribution in [0.2, 0.25) is 10.0 Å². The van der Waals surface area contributed by atoms with E-state index in [0.29, 0.717) is 34.5 Å². The lowest BCUT2D eigenvalue weighted by molar-refractivity contribution is -0.133. The maximum Gasteiger partial charge on any atom is 0.265 e. The molecule has 0 spiro atoms. The summed E-state index contributed by atoms with van der Waals surface area (Å²) in [6.07, 6.45) is -0.520. The predicted molar refractivity (Wildman–Crippen MR) is 94.1 cm³/mol. The van der Waals surface area contributed by atoms with Crippen LogP contribution in [-0.4, -0.2) is 24.7 Å². The molecule has 1 aliphatic rings. The lowest BCUT2D eigenvalue weighted by Crippen LogP contribution is -2.49. The number of ether oxygens (including phenoxy) is 2. The van der Waals surface area contributed by atoms with Crippen molar-refractivity contribution in [2.45, 2.75) is 25.6 Å². The van der Waals surface area contributed by atoms with Gasteiger partial charge in [-0.1, -0.05) is 41.4 Å². The summed E-state index contributed by atoms with van der Waals surface area (Å²) < 4.78 is 11.5. The van der Waals surface area contributed by atoms with Gasteiger partial charge in [-0.2, -0.15) is 0 Å². The molecule has 2 aromatic carbocycles. The Hall–Kier alpha value is -1.91. The predicted octanol–water partition coefficient (Wildman–Crippen LogP) is 3.88. The van der Waals surface area contributed by atoms with E-state index in [1.165, 1.54) is 0 Å². The van der Waals surface area contributed by atoms with Gasteiger partial charge in [0, 0.05) is 16.6 Å². The van der Waals surface area contributed by atoms with Crippen LogP contribution in [0.4, 0.5) is 0 Å². The average molecular weight is 366 g/mol. The highest BCUT2D eigenvalue weighted by atomic mass is 35.5. The van der Waals surface area contributed by atoms with E-state index >= 15 is 0 Å². The number of fused-ring (bicyclic) bond motifs is 1. The molecule has 1 amide bonds. The van der Waals surface area contributed by atoms with Crippen LogP contribution in [-0.2, 0) is 11.2 Å². The normalized spacial score (nSPS) is 19.0. The zero-order chi connectivity index (χ0) is 17.1. The van der Waals surface area contributed by atoms with Gasteiger partial charge in [0.2, 0.25) is 6.10 Å². The number of halogens is 2. The highest BCUT2D eigenvalue weighted by Crippen LogP contribution is 2.33. The molecule has 3 rings (SSSR count). The first kappa shape index (κ1) is 16.9. The lowest BCUT2D eigenvalue weighted by Gasteiger charge is -2.31. The van der Waals surface area contributed by atoms with Crippen molar-refractivity contribution in [1.82, 2.24) is 5.32 Å². The summed E-state index contributed by atoms with van der Waals surface area (Å²) in [6.45, 7) is 2.22. The van der Waals surface area contributed by atoms with Gasteiger partial charge in [-0.3, -0.25) is 4.79 Å². The van der Waals surface area contributed by atoms with Crippen molar-refractivity contribution >= 4 is 29.1 Å². The average Bonchev–Trinajstić information content (AvgIpc) is 2.56. The van der Waals surface area contributed by atoms with Crippen LogP contribution < -0.4 is 14.8 Å². The van der Waals surface area contributed by atoms with Gasteiger partial charge in [0.1, 0.15) is 6.10 Å². The largest absolute Gasteiger partial charge is 0.482 e. The highest BCUT2D eigenvalue weighted by molar-refractivity contribution is 6.36. The molecule has 0 saturated carbocycles. The van der Waals surface area contributed by atoms with Gasteiger partial charge in [0.25, 0.3) is 5.91 Å². The first-order valence-electron chi connectivity index (χ1n) is 7.69. The van der Waals surface area contributed by atoms with Gasteiger partial charge in [-0.15, -0.1) is 0 Å². The van der Waals surface area contributed by atoms with Crippen molar-refractivity contribution in [3.05, 3.63) is 58.1 Å². The molecule has 2 atom stereocenters. The van der Waals surface area contributed by atoms with E-state index in [0.717, 1.165) is 5.56 Å². The first-order valence-corrected chi connectivity index (χ1v) is 8.45. The second-order valence-electron chi connectivity index (χ2n) is 5.55. The molecule has 0 aromatic heterocycles. The highest BCUT2D eigenvalue weighted by Gasteiger charge is 2.33. The van der Waals surface area contributed by atoms with E-state index in [1.54, 1.807) is 24.3 Å². The molecule has 4 nitrogen and oxygen atoms in total. The summed E-state index contributed by atoms with van der Waals surface area (Å²) in [6, 6.07) is 12.7. The number of carbonyl (C=O) groups is 1. The number of carbonyl (C=O) groups excluding carboxylic acids is 1. The third-order valence-electron chi connectivity index (χ3n) is 3.84. The SMILES string of the molecule is C[C@@H]1Oc2ccccc2O[C@@H]1C(=O)NCCc1c(Cl)cccc1Cl. The topological polar surface area (TPSA) is 47.6 Å². The van der Waals surface area contributed by atoms with E-state index in [2.05, 4.69) is 5.32 Å². The minimum atomic E-state index is -0.693. The van der Waals surface area contributed by atoms with E-state index in [4.69, 9.17) is 32.7 Å². The third-order valence-corrected chi connectivity index (χ3v) is 4.54. The Morgan fingerprint density at radius 2 is 1.67 bits per heavy atom. The number of hydrogen-bond donors (Lipinski definition) is 1. The Morgan fingerprint density at radius 3 is 2.33 bits per heavy atom. The summed E-state index contributed by atoms with van der Waals surface area (Å²) in [7, 11) is 0. The zero-order valence-electron chi connectivity index (χ0n) is 13.1. The molecule has 1 N–H and O–H groups in total. The van der Waals surface area contributed by atoms with E-state index < -0.39 is 6.10 Å². The minimum Gasteiger partial charge on any atom is -0.482 e. The molecule has 0 bridgehead atoms. The second-order valence-corrected chi connectivity index (χ2v) is 6.36. The van der Waals surface area contributed by atoms with Crippen LogP contribution in [0.3, 0.4) is 0 Å². The molecule has 1 aliphatic heterocycles. The number of rotatable bonds is 4. The molecular weight excluding hydrogens is 349 g/mol. The van der Waals surface area contributed by atoms with Crippen molar-refractivity contribution in [2.75, 3.05) is 6.54 Å². The number of amides is 1. The molecule has 0 radical (unpaired) electrons. The van der Waals surface area contributed by atoms with Gasteiger partial charge in [0.15, 0.2) is 11.5 Å². The summed E-state index contributed by atoms with van der Waals surface area (Å²) in [5, 5.41) is 4.04.